The Kier molecular flexibility index (Phi) is 3.92. The molecule has 0 saturated carbocycles. The van der Waals surface area contributed by atoms with Gasteiger partial charge in [0.15, 0.2) is 5.78 Å². The molecular formula is C15H18O4. The van der Waals surface area contributed by atoms with E-state index in [1.807, 2.05) is 18.2 Å². The minimum Gasteiger partial charge on any atom is -0.376 e. The van der Waals surface area contributed by atoms with E-state index in [2.05, 4.69) is 6.07 Å². The smallest absolute Gasteiger partial charge is 0.166 e. The molecule has 0 radical (unpaired) electrons. The Morgan fingerprint density at radius 3 is 2.89 bits per heavy atom. The van der Waals surface area contributed by atoms with Crippen LogP contribution in [0.3, 0.4) is 0 Å². The van der Waals surface area contributed by atoms with Crippen LogP contribution in [0.1, 0.15) is 23.7 Å². The number of fused-ring (bicyclic) bond motifs is 1. The lowest BCUT2D eigenvalue weighted by molar-refractivity contribution is -0.148. The van der Waals surface area contributed by atoms with E-state index in [1.165, 1.54) is 5.56 Å². The van der Waals surface area contributed by atoms with Gasteiger partial charge in [-0.3, -0.25) is 4.79 Å². The van der Waals surface area contributed by atoms with E-state index in [-0.39, 0.29) is 11.9 Å². The van der Waals surface area contributed by atoms with E-state index in [0.29, 0.717) is 32.8 Å². The molecule has 1 aromatic carbocycles. The van der Waals surface area contributed by atoms with Gasteiger partial charge in [-0.15, -0.1) is 0 Å². The second-order valence-electron chi connectivity index (χ2n) is 4.91. The minimum absolute atomic E-state index is 0.0707. The lowest BCUT2D eigenvalue weighted by Crippen LogP contribution is -2.36. The van der Waals surface area contributed by atoms with Crippen molar-refractivity contribution in [2.24, 2.45) is 0 Å². The summed E-state index contributed by atoms with van der Waals surface area (Å²) in [6.07, 6.45) is 0.726. The molecule has 2 aliphatic rings. The third-order valence-electron chi connectivity index (χ3n) is 3.65. The monoisotopic (exact) mass is 262 g/mol. The van der Waals surface area contributed by atoms with Crippen LogP contribution in [-0.4, -0.2) is 38.3 Å². The molecular weight excluding hydrogens is 244 g/mol. The van der Waals surface area contributed by atoms with E-state index >= 15 is 0 Å². The van der Waals surface area contributed by atoms with Gasteiger partial charge in [0.05, 0.1) is 32.5 Å². The van der Waals surface area contributed by atoms with E-state index in [4.69, 9.17) is 14.2 Å². The minimum atomic E-state index is -0.425. The first-order valence-corrected chi connectivity index (χ1v) is 6.76. The first kappa shape index (κ1) is 12.8. The predicted molar refractivity (Wildman–Crippen MR) is 69.0 cm³/mol. The Morgan fingerprint density at radius 2 is 2.05 bits per heavy atom. The van der Waals surface area contributed by atoms with Crippen molar-refractivity contribution < 1.29 is 19.0 Å². The normalized spacial score (nSPS) is 26.7. The molecule has 19 heavy (non-hydrogen) atoms. The van der Waals surface area contributed by atoms with Crippen molar-refractivity contribution in [3.63, 3.8) is 0 Å². The average molecular weight is 262 g/mol. The standard InChI is InChI=1S/C15H18O4/c16-13(15-10-17-7-8-19-15)9-14-12-4-2-1-3-11(12)5-6-18-14/h1-4,14-15H,5-10H2. The Hall–Kier alpha value is -1.23. The van der Waals surface area contributed by atoms with Gasteiger partial charge in [0, 0.05) is 6.42 Å². The zero-order chi connectivity index (χ0) is 13.1. The molecule has 102 valence electrons. The van der Waals surface area contributed by atoms with Crippen molar-refractivity contribution in [2.45, 2.75) is 25.0 Å². The van der Waals surface area contributed by atoms with Gasteiger partial charge >= 0.3 is 0 Å². The lowest BCUT2D eigenvalue weighted by atomic mass is 9.93. The van der Waals surface area contributed by atoms with Gasteiger partial charge in [0.2, 0.25) is 0 Å². The summed E-state index contributed by atoms with van der Waals surface area (Å²) in [6, 6.07) is 8.17. The molecule has 1 aromatic rings. The van der Waals surface area contributed by atoms with Gasteiger partial charge in [-0.25, -0.2) is 0 Å². The van der Waals surface area contributed by atoms with Gasteiger partial charge in [0.1, 0.15) is 6.10 Å². The van der Waals surface area contributed by atoms with Gasteiger partial charge < -0.3 is 14.2 Å². The van der Waals surface area contributed by atoms with Crippen molar-refractivity contribution in [2.75, 3.05) is 26.4 Å². The third kappa shape index (κ3) is 2.86. The molecule has 1 saturated heterocycles. The number of hydrogen-bond acceptors (Lipinski definition) is 4. The fraction of sp³-hybridized carbons (Fsp3) is 0.533. The summed E-state index contributed by atoms with van der Waals surface area (Å²) in [7, 11) is 0. The summed E-state index contributed by atoms with van der Waals surface area (Å²) in [6.45, 7) is 2.12. The van der Waals surface area contributed by atoms with E-state index < -0.39 is 6.10 Å². The van der Waals surface area contributed by atoms with Crippen molar-refractivity contribution >= 4 is 5.78 Å². The van der Waals surface area contributed by atoms with Crippen LogP contribution >= 0.6 is 0 Å². The van der Waals surface area contributed by atoms with Crippen LogP contribution in [0.5, 0.6) is 0 Å². The first-order valence-electron chi connectivity index (χ1n) is 6.76. The molecule has 4 heteroatoms. The van der Waals surface area contributed by atoms with E-state index in [9.17, 15) is 4.79 Å². The number of carbonyl (C=O) groups is 1. The molecule has 0 spiro atoms. The highest BCUT2D eigenvalue weighted by atomic mass is 16.6. The van der Waals surface area contributed by atoms with Crippen LogP contribution in [0.25, 0.3) is 0 Å². The van der Waals surface area contributed by atoms with Crippen molar-refractivity contribution in [3.8, 4) is 0 Å². The summed E-state index contributed by atoms with van der Waals surface area (Å²) in [5.41, 5.74) is 2.42. The molecule has 0 aliphatic carbocycles. The molecule has 2 atom stereocenters. The number of benzene rings is 1. The fourth-order valence-corrected chi connectivity index (χ4v) is 2.63. The van der Waals surface area contributed by atoms with Crippen LogP contribution in [0.4, 0.5) is 0 Å². The van der Waals surface area contributed by atoms with Crippen LogP contribution in [0, 0.1) is 0 Å². The molecule has 0 aromatic heterocycles. The molecule has 4 nitrogen and oxygen atoms in total. The number of carbonyl (C=O) groups excluding carboxylic acids is 1. The Bertz CT molecular complexity index is 451. The van der Waals surface area contributed by atoms with Gasteiger partial charge in [-0.05, 0) is 17.5 Å². The zero-order valence-electron chi connectivity index (χ0n) is 10.8. The van der Waals surface area contributed by atoms with Gasteiger partial charge in [-0.2, -0.15) is 0 Å². The highest BCUT2D eigenvalue weighted by Crippen LogP contribution is 2.30. The fourth-order valence-electron chi connectivity index (χ4n) is 2.63. The SMILES string of the molecule is O=C(CC1OCCc2ccccc21)C1COCCO1. The topological polar surface area (TPSA) is 44.8 Å². The molecule has 2 unspecified atom stereocenters. The summed E-state index contributed by atoms with van der Waals surface area (Å²) in [5.74, 6) is 0.0707. The van der Waals surface area contributed by atoms with E-state index in [0.717, 1.165) is 12.0 Å². The zero-order valence-corrected chi connectivity index (χ0v) is 10.8. The Balaban J connectivity index is 1.68. The number of ketones is 1. The Morgan fingerprint density at radius 1 is 1.16 bits per heavy atom. The third-order valence-corrected chi connectivity index (χ3v) is 3.65. The maximum absolute atomic E-state index is 12.2. The maximum Gasteiger partial charge on any atom is 0.166 e. The van der Waals surface area contributed by atoms with Crippen molar-refractivity contribution in [1.82, 2.24) is 0 Å². The van der Waals surface area contributed by atoms with Gasteiger partial charge in [-0.1, -0.05) is 24.3 Å². The molecule has 0 amide bonds. The largest absolute Gasteiger partial charge is 0.376 e. The van der Waals surface area contributed by atoms with Crippen molar-refractivity contribution in [3.05, 3.63) is 35.4 Å². The van der Waals surface area contributed by atoms with Crippen molar-refractivity contribution in [1.29, 1.82) is 0 Å². The second kappa shape index (κ2) is 5.82. The molecule has 1 fully saturated rings. The van der Waals surface area contributed by atoms with Crippen LogP contribution in [0.15, 0.2) is 24.3 Å². The molecule has 0 N–H and O–H groups in total. The maximum atomic E-state index is 12.2. The van der Waals surface area contributed by atoms with Gasteiger partial charge in [0.25, 0.3) is 0 Å². The van der Waals surface area contributed by atoms with E-state index in [1.54, 1.807) is 0 Å². The number of rotatable bonds is 3. The van der Waals surface area contributed by atoms with Crippen LogP contribution in [0.2, 0.25) is 0 Å². The summed E-state index contributed by atoms with van der Waals surface area (Å²) < 4.78 is 16.5. The van der Waals surface area contributed by atoms with Crippen LogP contribution in [-0.2, 0) is 25.4 Å². The summed E-state index contributed by atoms with van der Waals surface area (Å²) in [4.78, 5) is 12.2. The predicted octanol–water partition coefficient (Wildman–Crippen LogP) is 1.68. The van der Waals surface area contributed by atoms with Crippen LogP contribution < -0.4 is 0 Å². The highest BCUT2D eigenvalue weighted by Gasteiger charge is 2.28. The number of Topliss-reactive ketones (excluding diaryl/α,β-unsaturated/α-hetero) is 1. The second-order valence-corrected chi connectivity index (χ2v) is 4.91. The molecule has 2 heterocycles. The number of hydrogen-bond donors (Lipinski definition) is 0. The lowest BCUT2D eigenvalue weighted by Gasteiger charge is -2.28. The summed E-state index contributed by atoms with van der Waals surface area (Å²) in [5, 5.41) is 0. The quantitative estimate of drug-likeness (QED) is 0.831. The summed E-state index contributed by atoms with van der Waals surface area (Å²) >= 11 is 0. The molecule has 2 aliphatic heterocycles. The molecule has 0 bridgehead atoms. The average Bonchev–Trinajstić information content (AvgIpc) is 2.48. The molecule has 3 rings (SSSR count). The highest BCUT2D eigenvalue weighted by molar-refractivity contribution is 5.84. The first-order chi connectivity index (χ1) is 9.34. The Labute approximate surface area is 112 Å². The number of ether oxygens (including phenoxy) is 3.